The molecule has 0 atom stereocenters. The number of hydrogen-bond donors (Lipinski definition) is 1. The maximum absolute atomic E-state index is 12.5. The maximum atomic E-state index is 12.5. The molecule has 3 aromatic rings. The molecule has 0 radical (unpaired) electrons. The van der Waals surface area contributed by atoms with Crippen molar-refractivity contribution in [2.24, 2.45) is 0 Å². The zero-order valence-electron chi connectivity index (χ0n) is 13.6. The summed E-state index contributed by atoms with van der Waals surface area (Å²) in [5.74, 6) is -0.666. The normalized spacial score (nSPS) is 14.1. The summed E-state index contributed by atoms with van der Waals surface area (Å²) in [4.78, 5) is 15.4. The summed E-state index contributed by atoms with van der Waals surface area (Å²) in [6, 6.07) is 8.20. The fourth-order valence-corrected chi connectivity index (χ4v) is 3.09. The summed E-state index contributed by atoms with van der Waals surface area (Å²) in [5, 5.41) is 14.4. The molecule has 1 aromatic carbocycles. The molecule has 0 bridgehead atoms. The van der Waals surface area contributed by atoms with Gasteiger partial charge in [0.2, 0.25) is 0 Å². The molecule has 1 fully saturated rings. The van der Waals surface area contributed by atoms with E-state index in [1.165, 1.54) is 16.8 Å². The predicted octanol–water partition coefficient (Wildman–Crippen LogP) is 3.66. The van der Waals surface area contributed by atoms with E-state index in [4.69, 9.17) is 5.11 Å². The standard InChI is InChI=1S/C18H15F2N3O3/c19-18(20)26-12-3-1-2-11(8-12)13-6-7-21-17-15(13)16(10-4-5-10)22-23(17)9-14(24)25/h1-3,6-8,10,18H,4-5,9H2,(H,24,25). The van der Waals surface area contributed by atoms with Gasteiger partial charge in [-0.2, -0.15) is 13.9 Å². The van der Waals surface area contributed by atoms with Gasteiger partial charge in [0.1, 0.15) is 12.3 Å². The Balaban J connectivity index is 1.88. The number of carboxylic acids is 1. The van der Waals surface area contributed by atoms with Crippen molar-refractivity contribution in [3.8, 4) is 16.9 Å². The highest BCUT2D eigenvalue weighted by atomic mass is 19.3. The number of aliphatic carboxylic acids is 1. The van der Waals surface area contributed by atoms with Crippen LogP contribution in [0.25, 0.3) is 22.2 Å². The number of fused-ring (bicyclic) bond motifs is 1. The summed E-state index contributed by atoms with van der Waals surface area (Å²) in [6.07, 6.45) is 3.54. The van der Waals surface area contributed by atoms with Gasteiger partial charge in [0.05, 0.1) is 11.1 Å². The molecule has 0 unspecified atom stereocenters. The molecule has 1 aliphatic rings. The van der Waals surface area contributed by atoms with Crippen molar-refractivity contribution in [1.82, 2.24) is 14.8 Å². The molecule has 4 rings (SSSR count). The first-order valence-corrected chi connectivity index (χ1v) is 8.15. The van der Waals surface area contributed by atoms with Crippen LogP contribution < -0.4 is 4.74 Å². The molecular weight excluding hydrogens is 344 g/mol. The number of pyridine rings is 1. The molecule has 134 valence electrons. The molecule has 8 heteroatoms. The predicted molar refractivity (Wildman–Crippen MR) is 89.2 cm³/mol. The molecule has 0 amide bonds. The summed E-state index contributed by atoms with van der Waals surface area (Å²) in [6.45, 7) is -3.18. The zero-order chi connectivity index (χ0) is 18.3. The van der Waals surface area contributed by atoms with Crippen LogP contribution in [0.1, 0.15) is 24.5 Å². The minimum Gasteiger partial charge on any atom is -0.480 e. The fourth-order valence-electron chi connectivity index (χ4n) is 3.09. The number of hydrogen-bond acceptors (Lipinski definition) is 4. The van der Waals surface area contributed by atoms with E-state index in [2.05, 4.69) is 14.8 Å². The second-order valence-corrected chi connectivity index (χ2v) is 6.17. The Hall–Kier alpha value is -3.03. The summed E-state index contributed by atoms with van der Waals surface area (Å²) in [5.41, 5.74) is 2.75. The van der Waals surface area contributed by atoms with Crippen molar-refractivity contribution in [3.05, 3.63) is 42.2 Å². The van der Waals surface area contributed by atoms with E-state index in [0.29, 0.717) is 11.2 Å². The number of benzene rings is 1. The lowest BCUT2D eigenvalue weighted by Gasteiger charge is -2.08. The summed E-state index contributed by atoms with van der Waals surface area (Å²) in [7, 11) is 0. The number of alkyl halides is 2. The lowest BCUT2D eigenvalue weighted by molar-refractivity contribution is -0.137. The Kier molecular flexibility index (Phi) is 4.02. The molecule has 0 aliphatic heterocycles. The monoisotopic (exact) mass is 359 g/mol. The van der Waals surface area contributed by atoms with Gasteiger partial charge in [-0.3, -0.25) is 4.79 Å². The minimum atomic E-state index is -2.90. The van der Waals surface area contributed by atoms with Crippen LogP contribution in [0.15, 0.2) is 36.5 Å². The van der Waals surface area contributed by atoms with Crippen LogP contribution in [0.3, 0.4) is 0 Å². The molecule has 26 heavy (non-hydrogen) atoms. The molecule has 1 aliphatic carbocycles. The molecule has 0 spiro atoms. The van der Waals surface area contributed by atoms with Crippen molar-refractivity contribution in [2.45, 2.75) is 31.9 Å². The Morgan fingerprint density at radius 3 is 2.85 bits per heavy atom. The summed E-state index contributed by atoms with van der Waals surface area (Å²) >= 11 is 0. The van der Waals surface area contributed by atoms with E-state index in [1.54, 1.807) is 24.4 Å². The maximum Gasteiger partial charge on any atom is 0.387 e. The average Bonchev–Trinajstić information content (AvgIpc) is 3.37. The molecule has 1 saturated carbocycles. The van der Waals surface area contributed by atoms with Crippen molar-refractivity contribution >= 4 is 17.0 Å². The fraction of sp³-hybridized carbons (Fsp3) is 0.278. The third-order valence-electron chi connectivity index (χ3n) is 4.28. The van der Waals surface area contributed by atoms with E-state index < -0.39 is 12.6 Å². The van der Waals surface area contributed by atoms with Gasteiger partial charge in [-0.25, -0.2) is 9.67 Å². The Morgan fingerprint density at radius 1 is 1.35 bits per heavy atom. The number of rotatable bonds is 6. The van der Waals surface area contributed by atoms with Crippen LogP contribution >= 0.6 is 0 Å². The lowest BCUT2D eigenvalue weighted by Crippen LogP contribution is -2.10. The molecule has 2 heterocycles. The number of halogens is 2. The van der Waals surface area contributed by atoms with Gasteiger partial charge >= 0.3 is 12.6 Å². The molecular formula is C18H15F2N3O3. The van der Waals surface area contributed by atoms with Gasteiger partial charge in [-0.05, 0) is 42.2 Å². The third-order valence-corrected chi connectivity index (χ3v) is 4.28. The second kappa shape index (κ2) is 6.36. The Bertz CT molecular complexity index is 983. The second-order valence-electron chi connectivity index (χ2n) is 6.17. The van der Waals surface area contributed by atoms with Gasteiger partial charge in [-0.1, -0.05) is 12.1 Å². The van der Waals surface area contributed by atoms with Gasteiger partial charge in [0, 0.05) is 12.1 Å². The zero-order valence-corrected chi connectivity index (χ0v) is 13.6. The van der Waals surface area contributed by atoms with Crippen molar-refractivity contribution in [2.75, 3.05) is 0 Å². The van der Waals surface area contributed by atoms with Crippen LogP contribution in [-0.4, -0.2) is 32.5 Å². The largest absolute Gasteiger partial charge is 0.480 e. The number of aromatic nitrogens is 3. The Morgan fingerprint density at radius 2 is 2.15 bits per heavy atom. The van der Waals surface area contributed by atoms with Crippen molar-refractivity contribution in [1.29, 1.82) is 0 Å². The van der Waals surface area contributed by atoms with E-state index in [0.717, 1.165) is 29.5 Å². The van der Waals surface area contributed by atoms with Gasteiger partial charge in [0.25, 0.3) is 0 Å². The average molecular weight is 359 g/mol. The quantitative estimate of drug-likeness (QED) is 0.727. The third kappa shape index (κ3) is 3.10. The van der Waals surface area contributed by atoms with Gasteiger partial charge in [-0.15, -0.1) is 0 Å². The van der Waals surface area contributed by atoms with Crippen molar-refractivity contribution < 1.29 is 23.4 Å². The van der Waals surface area contributed by atoms with Gasteiger partial charge in [0.15, 0.2) is 5.65 Å². The topological polar surface area (TPSA) is 77.2 Å². The number of ether oxygens (including phenoxy) is 1. The number of carbonyl (C=O) groups is 1. The van der Waals surface area contributed by atoms with Gasteiger partial charge < -0.3 is 9.84 Å². The van der Waals surface area contributed by atoms with Crippen molar-refractivity contribution in [3.63, 3.8) is 0 Å². The minimum absolute atomic E-state index is 0.0633. The van der Waals surface area contributed by atoms with E-state index >= 15 is 0 Å². The molecule has 2 aromatic heterocycles. The lowest BCUT2D eigenvalue weighted by atomic mass is 10.0. The first-order chi connectivity index (χ1) is 12.5. The van der Waals surface area contributed by atoms with E-state index in [-0.39, 0.29) is 18.2 Å². The Labute approximate surface area is 147 Å². The van der Waals surface area contributed by atoms with E-state index in [1.807, 2.05) is 0 Å². The first-order valence-electron chi connectivity index (χ1n) is 8.15. The highest BCUT2D eigenvalue weighted by Gasteiger charge is 2.31. The van der Waals surface area contributed by atoms with E-state index in [9.17, 15) is 13.6 Å². The molecule has 0 saturated heterocycles. The summed E-state index contributed by atoms with van der Waals surface area (Å²) < 4.78 is 30.9. The first kappa shape index (κ1) is 16.4. The molecule has 1 N–H and O–H groups in total. The van der Waals surface area contributed by atoms with Crippen LogP contribution in [0, 0.1) is 0 Å². The highest BCUT2D eigenvalue weighted by molar-refractivity contribution is 5.96. The van der Waals surface area contributed by atoms with Crippen LogP contribution in [0.4, 0.5) is 8.78 Å². The van der Waals surface area contributed by atoms with Crippen LogP contribution in [0.5, 0.6) is 5.75 Å². The number of nitrogens with zero attached hydrogens (tertiary/aromatic N) is 3. The molecule has 6 nitrogen and oxygen atoms in total. The van der Waals surface area contributed by atoms with Crippen LogP contribution in [-0.2, 0) is 11.3 Å². The van der Waals surface area contributed by atoms with Crippen LogP contribution in [0.2, 0.25) is 0 Å². The SMILES string of the molecule is O=C(O)Cn1nc(C2CC2)c2c(-c3cccc(OC(F)F)c3)ccnc21. The smallest absolute Gasteiger partial charge is 0.387 e. The highest BCUT2D eigenvalue weighted by Crippen LogP contribution is 2.44. The number of carboxylic acid groups (broad SMARTS) is 1.